The third-order valence-corrected chi connectivity index (χ3v) is 4.99. The van der Waals surface area contributed by atoms with E-state index in [9.17, 15) is 4.89 Å². The van der Waals surface area contributed by atoms with E-state index >= 15 is 0 Å². The van der Waals surface area contributed by atoms with Gasteiger partial charge in [0.25, 0.3) is 0 Å². The second kappa shape index (κ2) is 7.39. The number of hydrogen-bond acceptors (Lipinski definition) is 3. The first-order chi connectivity index (χ1) is 5.16. The molecule has 0 aliphatic heterocycles. The van der Waals surface area contributed by atoms with E-state index in [1.54, 1.807) is 6.66 Å². The van der Waals surface area contributed by atoms with E-state index < -0.39 is 16.3 Å². The Labute approximate surface area is 70.9 Å². The molecule has 5 heteroatoms. The van der Waals surface area contributed by atoms with E-state index in [2.05, 4.69) is 5.32 Å². The summed E-state index contributed by atoms with van der Waals surface area (Å²) in [5, 5.41) is 3.02. The first-order valence-electron chi connectivity index (χ1n) is 3.65. The fourth-order valence-corrected chi connectivity index (χ4v) is 3.72. The van der Waals surface area contributed by atoms with Crippen molar-refractivity contribution < 1.29 is 9.79 Å². The average Bonchev–Trinajstić information content (AvgIpc) is 1.86. The van der Waals surface area contributed by atoms with Crippen molar-refractivity contribution in [2.45, 2.75) is 6.42 Å². The van der Waals surface area contributed by atoms with E-state index in [-0.39, 0.29) is 0 Å². The summed E-state index contributed by atoms with van der Waals surface area (Å²) in [7, 11) is 0.106. The van der Waals surface area contributed by atoms with Gasteiger partial charge in [-0.2, -0.15) is 0 Å². The highest BCUT2D eigenvalue weighted by molar-refractivity contribution is 7.68. The molecule has 0 aromatic carbocycles. The largest absolute Gasteiger partial charge is 0.374 e. The zero-order valence-electron chi connectivity index (χ0n) is 7.12. The molecule has 68 valence electrons. The van der Waals surface area contributed by atoms with Crippen LogP contribution in [0.15, 0.2) is 0 Å². The lowest BCUT2D eigenvalue weighted by Gasteiger charge is -2.11. The van der Waals surface area contributed by atoms with Crippen LogP contribution in [0.1, 0.15) is 6.42 Å². The molecule has 0 bridgehead atoms. The van der Waals surface area contributed by atoms with E-state index in [0.29, 0.717) is 5.90 Å². The van der Waals surface area contributed by atoms with Crippen LogP contribution in [0, 0.1) is 0 Å². The molecule has 2 atom stereocenters. The minimum atomic E-state index is -0.902. The monoisotopic (exact) mass is 197 g/mol. The summed E-state index contributed by atoms with van der Waals surface area (Å²) in [5.74, 6) is 0.619. The van der Waals surface area contributed by atoms with Gasteiger partial charge in [0.2, 0.25) is 0 Å². The van der Waals surface area contributed by atoms with Crippen LogP contribution in [0.3, 0.4) is 0 Å². The van der Waals surface area contributed by atoms with Gasteiger partial charge in [-0.25, -0.2) is 0 Å². The van der Waals surface area contributed by atoms with Crippen molar-refractivity contribution in [3.05, 3.63) is 0 Å². The van der Waals surface area contributed by atoms with Crippen molar-refractivity contribution >= 4 is 16.3 Å². The van der Waals surface area contributed by atoms with Crippen LogP contribution in [0.5, 0.6) is 0 Å². The summed E-state index contributed by atoms with van der Waals surface area (Å²) >= 11 is 0. The second-order valence-electron chi connectivity index (χ2n) is 2.49. The Morgan fingerprint density at radius 1 is 1.36 bits per heavy atom. The minimum Gasteiger partial charge on any atom is -0.374 e. The third-order valence-electron chi connectivity index (χ3n) is 1.21. The molecule has 0 heterocycles. The molecule has 3 N–H and O–H groups in total. The van der Waals surface area contributed by atoms with Crippen LogP contribution >= 0.6 is 16.3 Å². The van der Waals surface area contributed by atoms with Crippen LogP contribution in [0.4, 0.5) is 0 Å². The molecule has 0 saturated carbocycles. The van der Waals surface area contributed by atoms with Gasteiger partial charge in [0, 0.05) is 22.2 Å². The maximum atomic E-state index is 9.34. The topological polar surface area (TPSA) is 52.5 Å². The Hall–Kier alpha value is 0.740. The normalized spacial score (nSPS) is 16.4. The van der Waals surface area contributed by atoms with Gasteiger partial charge in [0.1, 0.15) is 0 Å². The molecule has 0 spiro atoms. The highest BCUT2D eigenvalue weighted by Gasteiger charge is 2.06. The quantitative estimate of drug-likeness (QED) is 0.439. The first kappa shape index (κ1) is 11.7. The van der Waals surface area contributed by atoms with E-state index in [1.165, 1.54) is 0 Å². The van der Waals surface area contributed by atoms with E-state index in [0.717, 1.165) is 19.1 Å². The Kier molecular flexibility index (Phi) is 7.89. The summed E-state index contributed by atoms with van der Waals surface area (Å²) in [6, 6.07) is 0. The van der Waals surface area contributed by atoms with Gasteiger partial charge >= 0.3 is 0 Å². The van der Waals surface area contributed by atoms with Crippen molar-refractivity contribution in [2.24, 2.45) is 0 Å². The van der Waals surface area contributed by atoms with Crippen molar-refractivity contribution in [3.8, 4) is 0 Å². The molecule has 0 aliphatic carbocycles. The summed E-state index contributed by atoms with van der Waals surface area (Å²) in [6.45, 7) is 2.73. The van der Waals surface area contributed by atoms with Crippen LogP contribution in [0.2, 0.25) is 0 Å². The number of hydrogen-bond donors (Lipinski definition) is 3. The molecule has 11 heavy (non-hydrogen) atoms. The lowest BCUT2D eigenvalue weighted by molar-refractivity contribution is 0.612. The Morgan fingerprint density at radius 2 is 2.00 bits per heavy atom. The van der Waals surface area contributed by atoms with Crippen LogP contribution in [-0.2, 0) is 0 Å². The SMILES string of the molecule is CNCCCP(O)CP(C)O. The van der Waals surface area contributed by atoms with Crippen molar-refractivity contribution in [1.29, 1.82) is 0 Å². The van der Waals surface area contributed by atoms with Gasteiger partial charge in [-0.15, -0.1) is 0 Å². The summed E-state index contributed by atoms with van der Waals surface area (Å²) in [4.78, 5) is 18.3. The lowest BCUT2D eigenvalue weighted by Crippen LogP contribution is -2.08. The predicted octanol–water partition coefficient (Wildman–Crippen LogP) is 0.962. The van der Waals surface area contributed by atoms with Gasteiger partial charge < -0.3 is 15.1 Å². The highest BCUT2D eigenvalue weighted by atomic mass is 31.2. The molecule has 0 rings (SSSR count). The van der Waals surface area contributed by atoms with Gasteiger partial charge in [0.05, 0.1) is 0 Å². The van der Waals surface area contributed by atoms with Crippen molar-refractivity contribution in [2.75, 3.05) is 32.3 Å². The molecular weight excluding hydrogens is 180 g/mol. The average molecular weight is 197 g/mol. The van der Waals surface area contributed by atoms with E-state index in [4.69, 9.17) is 4.89 Å². The zero-order valence-corrected chi connectivity index (χ0v) is 8.91. The standard InChI is InChI=1S/C6H17NO2P2/c1-7-4-3-5-11(9)6-10(2)8/h7-9H,3-6H2,1-2H3. The first-order valence-corrected chi connectivity index (χ1v) is 7.24. The maximum Gasteiger partial charge on any atom is 0.0358 e. The van der Waals surface area contributed by atoms with Gasteiger partial charge in [-0.3, -0.25) is 0 Å². The summed E-state index contributed by atoms with van der Waals surface area (Å²) in [6.07, 6.45) is 1.85. The predicted molar refractivity (Wildman–Crippen MR) is 52.5 cm³/mol. The molecule has 3 nitrogen and oxygen atoms in total. The number of rotatable bonds is 6. The van der Waals surface area contributed by atoms with Gasteiger partial charge in [-0.1, -0.05) is 0 Å². The van der Waals surface area contributed by atoms with Crippen molar-refractivity contribution in [1.82, 2.24) is 5.32 Å². The second-order valence-corrected chi connectivity index (χ2v) is 6.39. The highest BCUT2D eigenvalue weighted by Crippen LogP contribution is 2.43. The van der Waals surface area contributed by atoms with Gasteiger partial charge in [-0.05, 0) is 32.8 Å². The Balaban J connectivity index is 3.15. The van der Waals surface area contributed by atoms with Crippen molar-refractivity contribution in [3.63, 3.8) is 0 Å². The van der Waals surface area contributed by atoms with Gasteiger partial charge in [0.15, 0.2) is 0 Å². The fraction of sp³-hybridized carbons (Fsp3) is 1.00. The van der Waals surface area contributed by atoms with Crippen LogP contribution < -0.4 is 5.32 Å². The molecule has 2 unspecified atom stereocenters. The summed E-state index contributed by atoms with van der Waals surface area (Å²) < 4.78 is 0. The van der Waals surface area contributed by atoms with Crippen LogP contribution in [0.25, 0.3) is 0 Å². The molecule has 0 radical (unpaired) electrons. The summed E-state index contributed by atoms with van der Waals surface area (Å²) in [5.41, 5.74) is 0. The molecule has 0 aromatic heterocycles. The maximum absolute atomic E-state index is 9.34. The number of nitrogens with one attached hydrogen (secondary N) is 1. The lowest BCUT2D eigenvalue weighted by atomic mass is 10.5. The Morgan fingerprint density at radius 3 is 2.45 bits per heavy atom. The zero-order chi connectivity index (χ0) is 8.69. The Bertz CT molecular complexity index is 92.7. The molecule has 0 amide bonds. The third kappa shape index (κ3) is 8.65. The van der Waals surface area contributed by atoms with E-state index in [1.807, 2.05) is 7.05 Å². The molecule has 0 aromatic rings. The minimum absolute atomic E-state index is 0.619. The molecule has 0 aliphatic rings. The van der Waals surface area contributed by atoms with Crippen LogP contribution in [-0.4, -0.2) is 42.1 Å². The molecule has 0 fully saturated rings. The molecule has 0 saturated heterocycles. The fourth-order valence-electron chi connectivity index (χ4n) is 0.745. The smallest absolute Gasteiger partial charge is 0.0358 e. The molecular formula is C6H17NO2P2.